The summed E-state index contributed by atoms with van der Waals surface area (Å²) >= 11 is 7.99. The minimum absolute atomic E-state index is 0.451. The smallest absolute Gasteiger partial charge is 0.0441 e. The largest absolute Gasteiger partial charge is 0.312 e. The minimum Gasteiger partial charge on any atom is -0.312 e. The molecule has 110 valence electrons. The summed E-state index contributed by atoms with van der Waals surface area (Å²) < 4.78 is 0. The van der Waals surface area contributed by atoms with Crippen LogP contribution in [0.5, 0.6) is 0 Å². The highest BCUT2D eigenvalue weighted by Crippen LogP contribution is 2.37. The normalized spacial score (nSPS) is 21.0. The van der Waals surface area contributed by atoms with Crippen molar-refractivity contribution in [3.63, 3.8) is 0 Å². The standard InChI is InChI=1S/C18H20ClNS/c1-20-18-16-5-3-2-4-14(16)8-11-17(18)21-12-13-6-9-15(19)10-7-13/h2-7,9-10,17-18,20H,8,11-12H2,1H3. The first kappa shape index (κ1) is 15.0. The predicted octanol–water partition coefficient (Wildman–Crippen LogP) is 4.85. The van der Waals surface area contributed by atoms with E-state index in [2.05, 4.69) is 48.8 Å². The third-order valence-electron chi connectivity index (χ3n) is 4.15. The fourth-order valence-electron chi connectivity index (χ4n) is 3.03. The minimum atomic E-state index is 0.451. The Balaban J connectivity index is 1.70. The Kier molecular flexibility index (Phi) is 4.89. The maximum atomic E-state index is 5.95. The first-order valence-corrected chi connectivity index (χ1v) is 8.81. The molecule has 0 spiro atoms. The molecule has 1 aliphatic rings. The summed E-state index contributed by atoms with van der Waals surface area (Å²) in [5, 5.41) is 4.95. The lowest BCUT2D eigenvalue weighted by Gasteiger charge is -2.33. The fourth-order valence-corrected chi connectivity index (χ4v) is 4.52. The Morgan fingerprint density at radius 2 is 1.90 bits per heavy atom. The van der Waals surface area contributed by atoms with Crippen molar-refractivity contribution in [1.29, 1.82) is 0 Å². The summed E-state index contributed by atoms with van der Waals surface area (Å²) in [4.78, 5) is 0. The third-order valence-corrected chi connectivity index (χ3v) is 5.84. The molecule has 0 saturated heterocycles. The highest BCUT2D eigenvalue weighted by molar-refractivity contribution is 7.99. The van der Waals surface area contributed by atoms with Gasteiger partial charge in [0.15, 0.2) is 0 Å². The number of benzene rings is 2. The van der Waals surface area contributed by atoms with Crippen molar-refractivity contribution >= 4 is 23.4 Å². The van der Waals surface area contributed by atoms with Crippen LogP contribution in [0.15, 0.2) is 48.5 Å². The van der Waals surface area contributed by atoms with Gasteiger partial charge in [-0.25, -0.2) is 0 Å². The van der Waals surface area contributed by atoms with Gasteiger partial charge >= 0.3 is 0 Å². The molecule has 0 amide bonds. The zero-order chi connectivity index (χ0) is 14.7. The molecular weight excluding hydrogens is 298 g/mol. The van der Waals surface area contributed by atoms with Crippen molar-refractivity contribution in [2.45, 2.75) is 29.9 Å². The molecule has 0 fully saturated rings. The molecule has 3 heteroatoms. The second kappa shape index (κ2) is 6.87. The Bertz CT molecular complexity index is 596. The highest BCUT2D eigenvalue weighted by Gasteiger charge is 2.28. The van der Waals surface area contributed by atoms with E-state index in [-0.39, 0.29) is 0 Å². The van der Waals surface area contributed by atoms with Gasteiger partial charge in [-0.1, -0.05) is 48.0 Å². The molecule has 1 aliphatic carbocycles. The summed E-state index contributed by atoms with van der Waals surface area (Å²) in [6.45, 7) is 0. The number of fused-ring (bicyclic) bond motifs is 1. The Morgan fingerprint density at radius 1 is 1.14 bits per heavy atom. The van der Waals surface area contributed by atoms with Crippen LogP contribution in [0.2, 0.25) is 5.02 Å². The van der Waals surface area contributed by atoms with Gasteiger partial charge in [0.2, 0.25) is 0 Å². The summed E-state index contributed by atoms with van der Waals surface area (Å²) in [5.74, 6) is 1.04. The number of thioether (sulfide) groups is 1. The zero-order valence-electron chi connectivity index (χ0n) is 12.2. The van der Waals surface area contributed by atoms with Crippen molar-refractivity contribution in [3.05, 3.63) is 70.2 Å². The van der Waals surface area contributed by atoms with Gasteiger partial charge in [0.25, 0.3) is 0 Å². The Hall–Kier alpha value is -0.960. The number of rotatable bonds is 4. The highest BCUT2D eigenvalue weighted by atomic mass is 35.5. The SMILES string of the molecule is CNC1c2ccccc2CCC1SCc1ccc(Cl)cc1. The summed E-state index contributed by atoms with van der Waals surface area (Å²) in [6, 6.07) is 17.5. The number of hydrogen-bond acceptors (Lipinski definition) is 2. The van der Waals surface area contributed by atoms with Gasteiger partial charge in [-0.3, -0.25) is 0 Å². The predicted molar refractivity (Wildman–Crippen MR) is 93.1 cm³/mol. The molecule has 0 radical (unpaired) electrons. The van der Waals surface area contributed by atoms with E-state index >= 15 is 0 Å². The van der Waals surface area contributed by atoms with E-state index in [0.717, 1.165) is 10.8 Å². The number of halogens is 1. The van der Waals surface area contributed by atoms with Gasteiger partial charge in [0.05, 0.1) is 0 Å². The van der Waals surface area contributed by atoms with Gasteiger partial charge in [-0.2, -0.15) is 11.8 Å². The lowest BCUT2D eigenvalue weighted by molar-refractivity contribution is 0.510. The van der Waals surface area contributed by atoms with E-state index in [1.54, 1.807) is 0 Å². The van der Waals surface area contributed by atoms with Crippen molar-refractivity contribution in [2.75, 3.05) is 7.05 Å². The molecule has 0 heterocycles. The average molecular weight is 318 g/mol. The lowest BCUT2D eigenvalue weighted by atomic mass is 9.87. The molecule has 2 aromatic rings. The number of nitrogens with one attached hydrogen (secondary N) is 1. The summed E-state index contributed by atoms with van der Waals surface area (Å²) in [7, 11) is 2.07. The number of hydrogen-bond donors (Lipinski definition) is 1. The van der Waals surface area contributed by atoms with E-state index in [1.165, 1.54) is 29.5 Å². The summed E-state index contributed by atoms with van der Waals surface area (Å²) in [6.07, 6.45) is 2.42. The van der Waals surface area contributed by atoms with Gasteiger partial charge in [0, 0.05) is 22.1 Å². The van der Waals surface area contributed by atoms with Crippen molar-refractivity contribution < 1.29 is 0 Å². The quantitative estimate of drug-likeness (QED) is 0.865. The molecule has 21 heavy (non-hydrogen) atoms. The van der Waals surface area contributed by atoms with Crippen LogP contribution in [0.1, 0.15) is 29.2 Å². The molecule has 2 atom stereocenters. The lowest BCUT2D eigenvalue weighted by Crippen LogP contribution is -2.32. The van der Waals surface area contributed by atoms with Crippen LogP contribution in [-0.4, -0.2) is 12.3 Å². The molecule has 0 saturated carbocycles. The van der Waals surface area contributed by atoms with Gasteiger partial charge in [-0.15, -0.1) is 0 Å². The van der Waals surface area contributed by atoms with E-state index in [0.29, 0.717) is 11.3 Å². The van der Waals surface area contributed by atoms with Gasteiger partial charge < -0.3 is 5.32 Å². The molecule has 1 nitrogen and oxygen atoms in total. The van der Waals surface area contributed by atoms with Crippen LogP contribution in [-0.2, 0) is 12.2 Å². The van der Waals surface area contributed by atoms with Crippen LogP contribution >= 0.6 is 23.4 Å². The first-order valence-electron chi connectivity index (χ1n) is 7.39. The molecule has 0 aromatic heterocycles. The van der Waals surface area contributed by atoms with Crippen molar-refractivity contribution in [3.8, 4) is 0 Å². The zero-order valence-corrected chi connectivity index (χ0v) is 13.8. The van der Waals surface area contributed by atoms with Crippen LogP contribution in [0, 0.1) is 0 Å². The van der Waals surface area contributed by atoms with Crippen molar-refractivity contribution in [1.82, 2.24) is 5.32 Å². The fraction of sp³-hybridized carbons (Fsp3) is 0.333. The molecule has 0 aliphatic heterocycles. The monoisotopic (exact) mass is 317 g/mol. The molecule has 0 bridgehead atoms. The second-order valence-corrected chi connectivity index (χ2v) is 7.14. The van der Waals surface area contributed by atoms with Crippen LogP contribution < -0.4 is 5.32 Å². The van der Waals surface area contributed by atoms with Crippen LogP contribution in [0.25, 0.3) is 0 Å². The summed E-state index contributed by atoms with van der Waals surface area (Å²) in [5.41, 5.74) is 4.32. The first-order chi connectivity index (χ1) is 10.3. The van der Waals surface area contributed by atoms with E-state index in [1.807, 2.05) is 23.9 Å². The van der Waals surface area contributed by atoms with E-state index < -0.39 is 0 Å². The van der Waals surface area contributed by atoms with Crippen molar-refractivity contribution in [2.24, 2.45) is 0 Å². The maximum Gasteiger partial charge on any atom is 0.0441 e. The Labute approximate surface area is 136 Å². The molecule has 3 rings (SSSR count). The van der Waals surface area contributed by atoms with Crippen LogP contribution in [0.3, 0.4) is 0 Å². The maximum absolute atomic E-state index is 5.95. The Morgan fingerprint density at radius 3 is 2.67 bits per heavy atom. The molecule has 2 aromatic carbocycles. The average Bonchev–Trinajstić information content (AvgIpc) is 2.53. The second-order valence-electron chi connectivity index (χ2n) is 5.48. The van der Waals surface area contributed by atoms with Crippen LogP contribution in [0.4, 0.5) is 0 Å². The van der Waals surface area contributed by atoms with Gasteiger partial charge in [0.1, 0.15) is 0 Å². The topological polar surface area (TPSA) is 12.0 Å². The molecule has 1 N–H and O–H groups in total. The van der Waals surface area contributed by atoms with E-state index in [9.17, 15) is 0 Å². The van der Waals surface area contributed by atoms with Gasteiger partial charge in [-0.05, 0) is 48.7 Å². The van der Waals surface area contributed by atoms with E-state index in [4.69, 9.17) is 11.6 Å². The molecule has 2 unspecified atom stereocenters. The molecular formula is C18H20ClNS. The number of aryl methyl sites for hydroxylation is 1. The third kappa shape index (κ3) is 3.45.